The van der Waals surface area contributed by atoms with Crippen LogP contribution in [-0.2, 0) is 0 Å². The van der Waals surface area contributed by atoms with Crippen molar-refractivity contribution < 1.29 is 9.90 Å². The quantitative estimate of drug-likeness (QED) is 0.540. The second-order valence-electron chi connectivity index (χ2n) is 1.40. The van der Waals surface area contributed by atoms with E-state index in [4.69, 9.17) is 5.11 Å². The summed E-state index contributed by atoms with van der Waals surface area (Å²) < 4.78 is 0. The van der Waals surface area contributed by atoms with Gasteiger partial charge in [0.25, 0.3) is 0 Å². The van der Waals surface area contributed by atoms with Crippen LogP contribution < -0.4 is 0 Å². The van der Waals surface area contributed by atoms with Crippen molar-refractivity contribution >= 4 is 94.6 Å². The molecule has 0 bridgehead atoms. The molecule has 0 unspecified atom stereocenters. The van der Waals surface area contributed by atoms with E-state index in [1.807, 2.05) is 0 Å². The second kappa shape index (κ2) is 10.6. The number of nitrogens with zero attached hydrogens (tertiary/aromatic N) is 2. The van der Waals surface area contributed by atoms with E-state index in [9.17, 15) is 4.79 Å². The predicted octanol–water partition coefficient (Wildman–Crippen LogP) is -1.77. The van der Waals surface area contributed by atoms with Gasteiger partial charge in [0.2, 0.25) is 0 Å². The molecule has 0 fully saturated rings. The van der Waals surface area contributed by atoms with Crippen molar-refractivity contribution in [1.82, 2.24) is 9.97 Å². The zero-order valence-corrected chi connectivity index (χ0v) is 4.48. The van der Waals surface area contributed by atoms with Crippen LogP contribution >= 0.6 is 0 Å². The van der Waals surface area contributed by atoms with Crippen molar-refractivity contribution in [3.63, 3.8) is 0 Å². The van der Waals surface area contributed by atoms with Crippen molar-refractivity contribution in [3.8, 4) is 0 Å². The fraction of sp³-hybridized carbons (Fsp3) is 0. The Hall–Kier alpha value is 1.55. The summed E-state index contributed by atoms with van der Waals surface area (Å²) in [5, 5.41) is 8.28. The van der Waals surface area contributed by atoms with Crippen molar-refractivity contribution in [1.29, 1.82) is 0 Å². The number of hydrogen-bond acceptors (Lipinski definition) is 3. The average Bonchev–Trinajstić information content (AvgIpc) is 1.90. The molecule has 1 aromatic heterocycles. The third-order valence-corrected chi connectivity index (χ3v) is 0.782. The Morgan fingerprint density at radius 2 is 1.83 bits per heavy atom. The van der Waals surface area contributed by atoms with Gasteiger partial charge in [-0.1, -0.05) is 0 Å². The van der Waals surface area contributed by atoms with E-state index >= 15 is 0 Å². The number of aromatic nitrogens is 2. The van der Waals surface area contributed by atoms with Crippen LogP contribution in [0.4, 0.5) is 0 Å². The first kappa shape index (κ1) is 19.2. The molecular weight excluding hydrogens is 189 g/mol. The number of carboxylic acid groups (broad SMARTS) is 1. The van der Waals surface area contributed by atoms with Gasteiger partial charge in [0.1, 0.15) is 0 Å². The molecule has 1 aromatic rings. The van der Waals surface area contributed by atoms with Gasteiger partial charge < -0.3 is 5.11 Å². The van der Waals surface area contributed by atoms with Crippen LogP contribution in [0.5, 0.6) is 0 Å². The van der Waals surface area contributed by atoms with Gasteiger partial charge in [-0.25, -0.2) is 9.78 Å². The van der Waals surface area contributed by atoms with E-state index in [0.717, 1.165) is 0 Å². The minimum absolute atomic E-state index is 0. The van der Waals surface area contributed by atoms with Gasteiger partial charge in [-0.2, -0.15) is 0 Å². The molecule has 0 saturated heterocycles. The van der Waals surface area contributed by atoms with E-state index < -0.39 is 5.97 Å². The Morgan fingerprint density at radius 1 is 1.25 bits per heavy atom. The molecule has 0 aliphatic rings. The molecule has 4 nitrogen and oxygen atoms in total. The third-order valence-electron chi connectivity index (χ3n) is 0.782. The molecule has 0 aliphatic carbocycles. The first-order chi connectivity index (χ1) is 4.30. The second-order valence-corrected chi connectivity index (χ2v) is 1.40. The van der Waals surface area contributed by atoms with Crippen LogP contribution in [0, 0.1) is 0 Å². The fourth-order valence-corrected chi connectivity index (χ4v) is 0.410. The minimum atomic E-state index is -1.05. The van der Waals surface area contributed by atoms with Gasteiger partial charge in [0.15, 0.2) is 5.69 Å². The summed E-state index contributed by atoms with van der Waals surface area (Å²) in [5.41, 5.74) is -0.0301. The standard InChI is InChI=1S/C5H4N2O2.3Na.3H/c8-5(9)4-3-6-1-2-7-4;;;;;;/h1-3H,(H,8,9);;;;;;. The first-order valence-corrected chi connectivity index (χ1v) is 2.30. The van der Waals surface area contributed by atoms with E-state index in [1.165, 1.54) is 18.6 Å². The predicted molar refractivity (Wildman–Crippen MR) is 50.4 cm³/mol. The molecule has 0 radical (unpaired) electrons. The first-order valence-electron chi connectivity index (χ1n) is 2.30. The summed E-state index contributed by atoms with van der Waals surface area (Å²) in [7, 11) is 0. The zero-order chi connectivity index (χ0) is 6.69. The molecule has 0 aromatic carbocycles. The summed E-state index contributed by atoms with van der Waals surface area (Å²) in [5.74, 6) is -1.05. The summed E-state index contributed by atoms with van der Waals surface area (Å²) in [6, 6.07) is 0. The number of carbonyl (C=O) groups is 1. The molecule has 1 heterocycles. The summed E-state index contributed by atoms with van der Waals surface area (Å²) >= 11 is 0. The van der Waals surface area contributed by atoms with Crippen molar-refractivity contribution in [2.24, 2.45) is 0 Å². The SMILES string of the molecule is O=C(O)c1cnccn1.[NaH].[NaH].[NaH]. The van der Waals surface area contributed by atoms with Crippen LogP contribution in [0.15, 0.2) is 18.6 Å². The molecule has 0 atom stereocenters. The normalized spacial score (nSPS) is 6.67. The van der Waals surface area contributed by atoms with Crippen LogP contribution in [0.3, 0.4) is 0 Å². The van der Waals surface area contributed by atoms with Gasteiger partial charge >= 0.3 is 94.6 Å². The molecule has 1 rings (SSSR count). The van der Waals surface area contributed by atoms with Crippen molar-refractivity contribution in [3.05, 3.63) is 24.3 Å². The molecule has 7 heteroatoms. The van der Waals surface area contributed by atoms with E-state index in [1.54, 1.807) is 0 Å². The summed E-state index contributed by atoms with van der Waals surface area (Å²) in [4.78, 5) is 17.2. The molecule has 0 spiro atoms. The zero-order valence-electron chi connectivity index (χ0n) is 4.48. The third kappa shape index (κ3) is 7.00. The Morgan fingerprint density at radius 3 is 2.08 bits per heavy atom. The molecule has 1 N–H and O–H groups in total. The Bertz CT molecular complexity index is 219. The van der Waals surface area contributed by atoms with Crippen LogP contribution in [0.1, 0.15) is 10.5 Å². The average molecular weight is 196 g/mol. The molecule has 0 amide bonds. The molecular formula is C5H7N2Na3O2. The fourth-order valence-electron chi connectivity index (χ4n) is 0.410. The van der Waals surface area contributed by atoms with Gasteiger partial charge in [0.05, 0.1) is 6.20 Å². The number of rotatable bonds is 1. The topological polar surface area (TPSA) is 63.1 Å². The van der Waals surface area contributed by atoms with E-state index in [2.05, 4.69) is 9.97 Å². The van der Waals surface area contributed by atoms with Crippen molar-refractivity contribution in [2.75, 3.05) is 0 Å². The maximum atomic E-state index is 10.1. The monoisotopic (exact) mass is 196 g/mol. The Balaban J connectivity index is -0.000000270. The van der Waals surface area contributed by atoms with Crippen LogP contribution in [0.2, 0.25) is 0 Å². The Labute approximate surface area is 136 Å². The molecule has 0 saturated carbocycles. The summed E-state index contributed by atoms with van der Waals surface area (Å²) in [6.07, 6.45) is 3.96. The number of hydrogen-bond donors (Lipinski definition) is 1. The van der Waals surface area contributed by atoms with Gasteiger partial charge in [-0.3, -0.25) is 4.98 Å². The molecule has 52 valence electrons. The van der Waals surface area contributed by atoms with Gasteiger partial charge in [-0.05, 0) is 0 Å². The number of carboxylic acids is 1. The van der Waals surface area contributed by atoms with Gasteiger partial charge in [-0.15, -0.1) is 0 Å². The molecule has 12 heavy (non-hydrogen) atoms. The maximum absolute atomic E-state index is 10.1. The number of aromatic carboxylic acids is 1. The van der Waals surface area contributed by atoms with E-state index in [-0.39, 0.29) is 94.4 Å². The van der Waals surface area contributed by atoms with Gasteiger partial charge in [0, 0.05) is 12.4 Å². The molecule has 0 aliphatic heterocycles. The summed E-state index contributed by atoms with van der Waals surface area (Å²) in [6.45, 7) is 0. The van der Waals surface area contributed by atoms with Crippen molar-refractivity contribution in [2.45, 2.75) is 0 Å². The van der Waals surface area contributed by atoms with Crippen LogP contribution in [-0.4, -0.2) is 110 Å². The van der Waals surface area contributed by atoms with E-state index in [0.29, 0.717) is 0 Å². The Kier molecular flexibility index (Phi) is 17.0. The van der Waals surface area contributed by atoms with Crippen LogP contribution in [0.25, 0.3) is 0 Å².